The topological polar surface area (TPSA) is 73.9 Å². The first-order chi connectivity index (χ1) is 14.1. The van der Waals surface area contributed by atoms with Crippen molar-refractivity contribution in [3.63, 3.8) is 0 Å². The molecule has 1 fully saturated rings. The van der Waals surface area contributed by atoms with E-state index in [0.717, 1.165) is 56.6 Å². The van der Waals surface area contributed by atoms with Crippen LogP contribution in [0.3, 0.4) is 0 Å². The minimum atomic E-state index is -0.122. The predicted molar refractivity (Wildman–Crippen MR) is 121 cm³/mol. The first-order valence-electron chi connectivity index (χ1n) is 10.7. The van der Waals surface area contributed by atoms with Gasteiger partial charge in [-0.15, -0.1) is 0 Å². The minimum Gasteiger partial charge on any atom is -0.393 e. The molecule has 1 saturated heterocycles. The summed E-state index contributed by atoms with van der Waals surface area (Å²) in [5.74, 6) is 0.455. The molecule has 0 aliphatic carbocycles. The van der Waals surface area contributed by atoms with E-state index >= 15 is 0 Å². The SMILES string of the molecule is CCc1cccc(CC)c1NC(N)=NCc1ccc(CN2CCC(O)CC2)cc1. The van der Waals surface area contributed by atoms with Crippen LogP contribution in [0.2, 0.25) is 0 Å². The first kappa shape index (κ1) is 21.3. The maximum atomic E-state index is 9.63. The number of nitrogens with one attached hydrogen (secondary N) is 1. The fourth-order valence-electron chi connectivity index (χ4n) is 3.83. The number of para-hydroxylation sites is 1. The predicted octanol–water partition coefficient (Wildman–Crippen LogP) is 3.69. The Labute approximate surface area is 174 Å². The van der Waals surface area contributed by atoms with Gasteiger partial charge in [-0.3, -0.25) is 4.90 Å². The molecule has 0 amide bonds. The molecule has 0 bridgehead atoms. The highest BCUT2D eigenvalue weighted by Gasteiger charge is 2.16. The number of aliphatic imine (C=N–C) groups is 1. The molecule has 5 heteroatoms. The van der Waals surface area contributed by atoms with Crippen LogP contribution in [0.1, 0.15) is 48.9 Å². The molecule has 1 aliphatic rings. The van der Waals surface area contributed by atoms with Crippen LogP contribution >= 0.6 is 0 Å². The van der Waals surface area contributed by atoms with Gasteiger partial charge in [0, 0.05) is 25.3 Å². The Morgan fingerprint density at radius 3 is 2.21 bits per heavy atom. The molecule has 5 nitrogen and oxygen atoms in total. The highest BCUT2D eigenvalue weighted by molar-refractivity contribution is 5.93. The van der Waals surface area contributed by atoms with Gasteiger partial charge in [0.2, 0.25) is 0 Å². The maximum absolute atomic E-state index is 9.63. The monoisotopic (exact) mass is 394 g/mol. The summed E-state index contributed by atoms with van der Waals surface area (Å²) in [7, 11) is 0. The normalized spacial score (nSPS) is 16.2. The second-order valence-electron chi connectivity index (χ2n) is 7.81. The van der Waals surface area contributed by atoms with Crippen LogP contribution in [0, 0.1) is 0 Å². The van der Waals surface area contributed by atoms with Crippen molar-refractivity contribution in [2.24, 2.45) is 10.7 Å². The maximum Gasteiger partial charge on any atom is 0.193 e. The lowest BCUT2D eigenvalue weighted by Gasteiger charge is -2.29. The summed E-state index contributed by atoms with van der Waals surface area (Å²) in [5, 5.41) is 13.0. The van der Waals surface area contributed by atoms with Gasteiger partial charge in [-0.25, -0.2) is 4.99 Å². The summed E-state index contributed by atoms with van der Waals surface area (Å²) in [4.78, 5) is 6.94. The van der Waals surface area contributed by atoms with Crippen molar-refractivity contribution in [2.75, 3.05) is 18.4 Å². The van der Waals surface area contributed by atoms with Crippen LogP contribution in [-0.2, 0) is 25.9 Å². The molecule has 2 aromatic carbocycles. The van der Waals surface area contributed by atoms with Gasteiger partial charge in [-0.2, -0.15) is 0 Å². The first-order valence-corrected chi connectivity index (χ1v) is 10.7. The van der Waals surface area contributed by atoms with E-state index in [1.54, 1.807) is 0 Å². The zero-order valence-corrected chi connectivity index (χ0v) is 17.7. The standard InChI is InChI=1S/C24H34N4O/c1-3-20-6-5-7-21(4-2)23(20)27-24(25)26-16-18-8-10-19(11-9-18)17-28-14-12-22(29)13-15-28/h5-11,22,29H,3-4,12-17H2,1-2H3,(H3,25,26,27). The molecular weight excluding hydrogens is 360 g/mol. The molecule has 0 atom stereocenters. The van der Waals surface area contributed by atoms with E-state index in [9.17, 15) is 5.11 Å². The van der Waals surface area contributed by atoms with E-state index in [-0.39, 0.29) is 6.10 Å². The van der Waals surface area contributed by atoms with Crippen molar-refractivity contribution >= 4 is 11.6 Å². The largest absolute Gasteiger partial charge is 0.393 e. The smallest absolute Gasteiger partial charge is 0.193 e. The summed E-state index contributed by atoms with van der Waals surface area (Å²) in [6, 6.07) is 15.0. The second kappa shape index (κ2) is 10.4. The molecule has 0 unspecified atom stereocenters. The van der Waals surface area contributed by atoms with Gasteiger partial charge in [0.15, 0.2) is 5.96 Å². The molecule has 1 aliphatic heterocycles. The van der Waals surface area contributed by atoms with Crippen LogP contribution in [0.5, 0.6) is 0 Å². The fraction of sp³-hybridized carbons (Fsp3) is 0.458. The molecule has 3 rings (SSSR count). The zero-order valence-electron chi connectivity index (χ0n) is 17.7. The Balaban J connectivity index is 1.57. The third kappa shape index (κ3) is 6.05. The van der Waals surface area contributed by atoms with Crippen molar-refractivity contribution in [2.45, 2.75) is 58.7 Å². The minimum absolute atomic E-state index is 0.122. The fourth-order valence-corrected chi connectivity index (χ4v) is 3.83. The molecule has 4 N–H and O–H groups in total. The van der Waals surface area contributed by atoms with E-state index in [1.807, 2.05) is 0 Å². The van der Waals surface area contributed by atoms with E-state index in [2.05, 4.69) is 71.5 Å². The van der Waals surface area contributed by atoms with Crippen molar-refractivity contribution < 1.29 is 5.11 Å². The van der Waals surface area contributed by atoms with Crippen molar-refractivity contribution in [1.29, 1.82) is 0 Å². The molecule has 1 heterocycles. The number of aliphatic hydroxyl groups is 1. The molecule has 2 aromatic rings. The number of likely N-dealkylation sites (tertiary alicyclic amines) is 1. The van der Waals surface area contributed by atoms with E-state index in [4.69, 9.17) is 5.73 Å². The third-order valence-corrected chi connectivity index (χ3v) is 5.67. The lowest BCUT2D eigenvalue weighted by Crippen LogP contribution is -2.35. The number of hydrogen-bond acceptors (Lipinski definition) is 3. The van der Waals surface area contributed by atoms with Gasteiger partial charge >= 0.3 is 0 Å². The summed E-state index contributed by atoms with van der Waals surface area (Å²) < 4.78 is 0. The number of nitrogens with two attached hydrogens (primary N) is 1. The van der Waals surface area contributed by atoms with Gasteiger partial charge in [0.05, 0.1) is 12.6 Å². The Kier molecular flexibility index (Phi) is 7.67. The highest BCUT2D eigenvalue weighted by atomic mass is 16.3. The molecule has 0 radical (unpaired) electrons. The Bertz CT molecular complexity index is 786. The number of anilines is 1. The van der Waals surface area contributed by atoms with Gasteiger partial charge < -0.3 is 16.2 Å². The van der Waals surface area contributed by atoms with E-state index in [0.29, 0.717) is 12.5 Å². The molecule has 0 aromatic heterocycles. The summed E-state index contributed by atoms with van der Waals surface area (Å²) in [6.07, 6.45) is 3.55. The zero-order chi connectivity index (χ0) is 20.6. The summed E-state index contributed by atoms with van der Waals surface area (Å²) >= 11 is 0. The van der Waals surface area contributed by atoms with Gasteiger partial charge in [0.1, 0.15) is 0 Å². The van der Waals surface area contributed by atoms with Crippen LogP contribution in [0.4, 0.5) is 5.69 Å². The van der Waals surface area contributed by atoms with Crippen molar-refractivity contribution in [3.8, 4) is 0 Å². The third-order valence-electron chi connectivity index (χ3n) is 5.67. The number of aryl methyl sites for hydroxylation is 2. The highest BCUT2D eigenvalue weighted by Crippen LogP contribution is 2.22. The number of piperidine rings is 1. The van der Waals surface area contributed by atoms with Crippen LogP contribution in [-0.4, -0.2) is 35.2 Å². The number of hydrogen-bond donors (Lipinski definition) is 3. The number of rotatable bonds is 7. The van der Waals surface area contributed by atoms with E-state index in [1.165, 1.54) is 16.7 Å². The summed E-state index contributed by atoms with van der Waals surface area (Å²) in [6.45, 7) is 7.74. The molecule has 0 saturated carbocycles. The Morgan fingerprint density at radius 2 is 1.62 bits per heavy atom. The van der Waals surface area contributed by atoms with Crippen LogP contribution in [0.25, 0.3) is 0 Å². The van der Waals surface area contributed by atoms with Gasteiger partial charge in [-0.05, 0) is 47.9 Å². The number of benzene rings is 2. The van der Waals surface area contributed by atoms with Crippen LogP contribution < -0.4 is 11.1 Å². The number of guanidine groups is 1. The lowest BCUT2D eigenvalue weighted by molar-refractivity contribution is 0.0792. The molecular formula is C24H34N4O. The molecule has 156 valence electrons. The van der Waals surface area contributed by atoms with Gasteiger partial charge in [0.25, 0.3) is 0 Å². The number of nitrogens with zero attached hydrogens (tertiary/aromatic N) is 2. The van der Waals surface area contributed by atoms with Gasteiger partial charge in [-0.1, -0.05) is 56.3 Å². The van der Waals surface area contributed by atoms with E-state index < -0.39 is 0 Å². The average Bonchev–Trinajstić information content (AvgIpc) is 2.75. The van der Waals surface area contributed by atoms with Crippen molar-refractivity contribution in [3.05, 3.63) is 64.7 Å². The Morgan fingerprint density at radius 1 is 1.03 bits per heavy atom. The summed E-state index contributed by atoms with van der Waals surface area (Å²) in [5.41, 5.74) is 12.2. The molecule has 29 heavy (non-hydrogen) atoms. The number of aliphatic hydroxyl groups excluding tert-OH is 1. The Hall–Kier alpha value is -2.37. The van der Waals surface area contributed by atoms with Crippen LogP contribution in [0.15, 0.2) is 47.5 Å². The lowest BCUT2D eigenvalue weighted by atomic mass is 10.0. The second-order valence-corrected chi connectivity index (χ2v) is 7.81. The molecule has 0 spiro atoms. The average molecular weight is 395 g/mol. The quantitative estimate of drug-likeness (QED) is 0.495. The van der Waals surface area contributed by atoms with Crippen molar-refractivity contribution in [1.82, 2.24) is 4.90 Å².